The Kier molecular flexibility index (Phi) is 2.42. The van der Waals surface area contributed by atoms with E-state index in [-0.39, 0.29) is 0 Å². The van der Waals surface area contributed by atoms with Crippen molar-refractivity contribution >= 4 is 45.5 Å². The second-order valence-corrected chi connectivity index (χ2v) is 5.28. The molecule has 0 aliphatic carbocycles. The van der Waals surface area contributed by atoms with Crippen LogP contribution in [0.1, 0.15) is 4.88 Å². The highest BCUT2D eigenvalue weighted by atomic mass is 127. The summed E-state index contributed by atoms with van der Waals surface area (Å²) in [7, 11) is 0. The van der Waals surface area contributed by atoms with Gasteiger partial charge in [-0.2, -0.15) is 4.37 Å². The third-order valence-corrected chi connectivity index (χ3v) is 4.05. The standard InChI is InChI=1S/C7H5IN2S2/c1-4-2-3-5(11-4)6-9-7(8)10-12-6/h2-3H,1H3. The second-order valence-electron chi connectivity index (χ2n) is 2.28. The van der Waals surface area contributed by atoms with Crippen molar-refractivity contribution in [1.29, 1.82) is 0 Å². The molecule has 0 saturated heterocycles. The minimum absolute atomic E-state index is 0.832. The summed E-state index contributed by atoms with van der Waals surface area (Å²) >= 11 is 5.34. The van der Waals surface area contributed by atoms with Gasteiger partial charge in [0.1, 0.15) is 0 Å². The van der Waals surface area contributed by atoms with Gasteiger partial charge >= 0.3 is 0 Å². The Bertz CT molecular complexity index is 355. The summed E-state index contributed by atoms with van der Waals surface area (Å²) in [6.07, 6.45) is 0. The van der Waals surface area contributed by atoms with Gasteiger partial charge in [-0.15, -0.1) is 11.3 Å². The normalized spacial score (nSPS) is 10.5. The highest BCUT2D eigenvalue weighted by molar-refractivity contribution is 14.1. The van der Waals surface area contributed by atoms with Gasteiger partial charge in [-0.05, 0) is 30.6 Å². The molecule has 0 saturated carbocycles. The third kappa shape index (κ3) is 1.67. The van der Waals surface area contributed by atoms with E-state index in [1.54, 1.807) is 11.3 Å². The molecule has 2 heterocycles. The number of hydrogen-bond donors (Lipinski definition) is 0. The lowest BCUT2D eigenvalue weighted by atomic mass is 10.4. The lowest BCUT2D eigenvalue weighted by Gasteiger charge is -1.83. The number of aromatic nitrogens is 2. The number of nitrogens with zero attached hydrogens (tertiary/aromatic N) is 2. The van der Waals surface area contributed by atoms with Gasteiger partial charge in [0.15, 0.2) is 5.01 Å². The van der Waals surface area contributed by atoms with Crippen LogP contribution in [0.4, 0.5) is 0 Å². The van der Waals surface area contributed by atoms with Crippen LogP contribution in [-0.4, -0.2) is 9.36 Å². The fourth-order valence-electron chi connectivity index (χ4n) is 0.855. The van der Waals surface area contributed by atoms with Crippen molar-refractivity contribution in [3.05, 3.63) is 20.8 Å². The first kappa shape index (κ1) is 8.58. The Morgan fingerprint density at radius 2 is 2.25 bits per heavy atom. The van der Waals surface area contributed by atoms with E-state index >= 15 is 0 Å². The van der Waals surface area contributed by atoms with Crippen LogP contribution in [-0.2, 0) is 0 Å². The third-order valence-electron chi connectivity index (χ3n) is 1.35. The van der Waals surface area contributed by atoms with Crippen LogP contribution >= 0.6 is 45.5 Å². The van der Waals surface area contributed by atoms with Gasteiger partial charge in [0.05, 0.1) is 4.88 Å². The quantitative estimate of drug-likeness (QED) is 0.756. The van der Waals surface area contributed by atoms with Crippen LogP contribution in [0.3, 0.4) is 0 Å². The van der Waals surface area contributed by atoms with Gasteiger partial charge in [-0.1, -0.05) is 0 Å². The molecule has 0 aliphatic heterocycles. The van der Waals surface area contributed by atoms with Crippen LogP contribution < -0.4 is 0 Å². The highest BCUT2D eigenvalue weighted by Crippen LogP contribution is 2.28. The molecule has 2 rings (SSSR count). The van der Waals surface area contributed by atoms with Crippen LogP contribution in [0.5, 0.6) is 0 Å². The van der Waals surface area contributed by atoms with E-state index in [9.17, 15) is 0 Å². The molecule has 2 nitrogen and oxygen atoms in total. The topological polar surface area (TPSA) is 25.8 Å². The first-order valence-corrected chi connectivity index (χ1v) is 5.98. The molecule has 0 atom stereocenters. The van der Waals surface area contributed by atoms with E-state index in [0.29, 0.717) is 0 Å². The summed E-state index contributed by atoms with van der Waals surface area (Å²) in [6.45, 7) is 2.10. The van der Waals surface area contributed by atoms with Crippen molar-refractivity contribution in [3.8, 4) is 9.88 Å². The molecule has 2 aromatic rings. The molecule has 0 amide bonds. The van der Waals surface area contributed by atoms with Crippen LogP contribution in [0.15, 0.2) is 12.1 Å². The van der Waals surface area contributed by atoms with E-state index < -0.39 is 0 Å². The van der Waals surface area contributed by atoms with Gasteiger partial charge in [-0.25, -0.2) is 4.98 Å². The van der Waals surface area contributed by atoms with Crippen molar-refractivity contribution in [2.24, 2.45) is 0 Å². The first-order chi connectivity index (χ1) is 5.75. The van der Waals surface area contributed by atoms with Gasteiger partial charge in [-0.3, -0.25) is 0 Å². The molecule has 12 heavy (non-hydrogen) atoms. The van der Waals surface area contributed by atoms with Crippen molar-refractivity contribution in [1.82, 2.24) is 9.36 Å². The van der Waals surface area contributed by atoms with Crippen LogP contribution in [0.25, 0.3) is 9.88 Å². The lowest BCUT2D eigenvalue weighted by Crippen LogP contribution is -1.70. The molecule has 0 aliphatic rings. The SMILES string of the molecule is Cc1ccc(-c2nc(I)ns2)s1. The Hall–Kier alpha value is -0.0100. The van der Waals surface area contributed by atoms with Crippen molar-refractivity contribution in [2.45, 2.75) is 6.92 Å². The number of rotatable bonds is 1. The summed E-state index contributed by atoms with van der Waals surface area (Å²) in [5, 5.41) is 1.03. The van der Waals surface area contributed by atoms with Gasteiger partial charge in [0.2, 0.25) is 3.83 Å². The second kappa shape index (κ2) is 3.39. The van der Waals surface area contributed by atoms with Crippen molar-refractivity contribution < 1.29 is 0 Å². The predicted octanol–water partition coefficient (Wildman–Crippen LogP) is 3.18. The molecule has 5 heteroatoms. The van der Waals surface area contributed by atoms with Crippen LogP contribution in [0, 0.1) is 10.8 Å². The Labute approximate surface area is 92.0 Å². The molecule has 0 aromatic carbocycles. The molecular weight excluding hydrogens is 303 g/mol. The Morgan fingerprint density at radius 1 is 1.42 bits per heavy atom. The zero-order chi connectivity index (χ0) is 8.55. The molecule has 0 N–H and O–H groups in total. The van der Waals surface area contributed by atoms with Crippen LogP contribution in [0.2, 0.25) is 0 Å². The number of aryl methyl sites for hydroxylation is 1. The molecule has 0 fully saturated rings. The molecular formula is C7H5IN2S2. The Balaban J connectivity index is 2.43. The highest BCUT2D eigenvalue weighted by Gasteiger charge is 2.05. The maximum atomic E-state index is 4.30. The van der Waals surface area contributed by atoms with Gasteiger partial charge in [0, 0.05) is 27.5 Å². The molecule has 0 bridgehead atoms. The monoisotopic (exact) mass is 308 g/mol. The zero-order valence-corrected chi connectivity index (χ0v) is 10.0. The minimum Gasteiger partial charge on any atom is -0.209 e. The average Bonchev–Trinajstić information content (AvgIpc) is 2.58. The van der Waals surface area contributed by atoms with Gasteiger partial charge in [0.25, 0.3) is 0 Å². The van der Waals surface area contributed by atoms with Crippen molar-refractivity contribution in [2.75, 3.05) is 0 Å². The largest absolute Gasteiger partial charge is 0.209 e. The molecule has 0 spiro atoms. The average molecular weight is 308 g/mol. The molecule has 0 unspecified atom stereocenters. The summed E-state index contributed by atoms with van der Waals surface area (Å²) in [4.78, 5) is 6.83. The van der Waals surface area contributed by atoms with E-state index in [1.807, 2.05) is 0 Å². The zero-order valence-electron chi connectivity index (χ0n) is 6.24. The smallest absolute Gasteiger partial charge is 0.203 e. The fourth-order valence-corrected chi connectivity index (χ4v) is 3.03. The van der Waals surface area contributed by atoms with E-state index in [0.717, 1.165) is 8.84 Å². The minimum atomic E-state index is 0.832. The van der Waals surface area contributed by atoms with Crippen molar-refractivity contribution in [3.63, 3.8) is 0 Å². The first-order valence-electron chi connectivity index (χ1n) is 3.32. The summed E-state index contributed by atoms with van der Waals surface area (Å²) in [5.41, 5.74) is 0. The summed E-state index contributed by atoms with van der Waals surface area (Å²) in [5.74, 6) is 0. The number of thiophene rings is 1. The number of hydrogen-bond acceptors (Lipinski definition) is 4. The predicted molar refractivity (Wildman–Crippen MR) is 60.7 cm³/mol. The van der Waals surface area contributed by atoms with E-state index in [4.69, 9.17) is 0 Å². The molecule has 2 aromatic heterocycles. The van der Waals surface area contributed by atoms with E-state index in [2.05, 4.69) is 51.0 Å². The maximum absolute atomic E-state index is 4.30. The number of halogens is 1. The fraction of sp³-hybridized carbons (Fsp3) is 0.143. The summed E-state index contributed by atoms with van der Waals surface area (Å²) in [6, 6.07) is 4.20. The van der Waals surface area contributed by atoms with E-state index in [1.165, 1.54) is 21.3 Å². The molecule has 62 valence electrons. The Morgan fingerprint density at radius 3 is 2.75 bits per heavy atom. The molecule has 0 radical (unpaired) electrons. The lowest BCUT2D eigenvalue weighted by molar-refractivity contribution is 1.26. The van der Waals surface area contributed by atoms with Gasteiger partial charge < -0.3 is 0 Å². The maximum Gasteiger partial charge on any atom is 0.203 e. The summed E-state index contributed by atoms with van der Waals surface area (Å²) < 4.78 is 4.96.